The van der Waals surface area contributed by atoms with Crippen LogP contribution in [0, 0.1) is 0 Å². The number of carbonyl (C=O) groups excluding carboxylic acids is 1. The van der Waals surface area contributed by atoms with Crippen LogP contribution in [0.4, 0.5) is 0 Å². The van der Waals surface area contributed by atoms with Gasteiger partial charge in [-0.05, 0) is 19.9 Å². The molecule has 0 unspecified atom stereocenters. The molecule has 0 rings (SSSR count). The van der Waals surface area contributed by atoms with Crippen LogP contribution in [-0.2, 0) is 9.53 Å². The van der Waals surface area contributed by atoms with Gasteiger partial charge in [-0.3, -0.25) is 4.79 Å². The van der Waals surface area contributed by atoms with Crippen LogP contribution in [0.25, 0.3) is 0 Å². The van der Waals surface area contributed by atoms with Crippen LogP contribution in [-0.4, -0.2) is 11.6 Å². The molecule has 0 aromatic heterocycles. The maximum Gasteiger partial charge on any atom is 0.310 e. The molecule has 0 N–H and O–H groups in total. The molecule has 0 aliphatic rings. The van der Waals surface area contributed by atoms with Crippen molar-refractivity contribution in [3.8, 4) is 0 Å². The van der Waals surface area contributed by atoms with Gasteiger partial charge in [0.2, 0.25) is 0 Å². The molecule has 0 radical (unpaired) electrons. The summed E-state index contributed by atoms with van der Waals surface area (Å²) >= 11 is 0. The molecule has 11 heavy (non-hydrogen) atoms. The zero-order valence-electron chi connectivity index (χ0n) is 7.09. The molecular weight excluding hydrogens is 140 g/mol. The van der Waals surface area contributed by atoms with E-state index in [4.69, 9.17) is 4.74 Å². The van der Waals surface area contributed by atoms with E-state index in [0.717, 1.165) is 0 Å². The van der Waals surface area contributed by atoms with Gasteiger partial charge >= 0.3 is 5.97 Å². The molecule has 0 saturated carbocycles. The average Bonchev–Trinajstić information content (AvgIpc) is 1.87. The Morgan fingerprint density at radius 2 is 2.09 bits per heavy atom. The molecule has 0 amide bonds. The second-order valence-corrected chi connectivity index (χ2v) is 2.77. The molecule has 62 valence electrons. The predicted molar refractivity (Wildman–Crippen MR) is 45.2 cm³/mol. The molecule has 2 nitrogen and oxygen atoms in total. The van der Waals surface area contributed by atoms with Crippen LogP contribution in [0.3, 0.4) is 0 Å². The van der Waals surface area contributed by atoms with E-state index >= 15 is 0 Å². The van der Waals surface area contributed by atoms with Gasteiger partial charge in [-0.15, -0.1) is 6.58 Å². The van der Waals surface area contributed by atoms with Gasteiger partial charge in [0.05, 0.1) is 6.42 Å². The summed E-state index contributed by atoms with van der Waals surface area (Å²) in [6.07, 6.45) is 3.35. The van der Waals surface area contributed by atoms with Gasteiger partial charge in [-0.2, -0.15) is 0 Å². The van der Waals surface area contributed by atoms with E-state index in [0.29, 0.717) is 0 Å². The van der Waals surface area contributed by atoms with Crippen LogP contribution in [0.15, 0.2) is 25.3 Å². The Hall–Kier alpha value is -1.05. The lowest BCUT2D eigenvalue weighted by atomic mass is 10.1. The highest BCUT2D eigenvalue weighted by Gasteiger charge is 2.16. The highest BCUT2D eigenvalue weighted by molar-refractivity contribution is 5.71. The lowest BCUT2D eigenvalue weighted by Gasteiger charge is -2.19. The molecule has 0 spiro atoms. The number of hydrogen-bond donors (Lipinski definition) is 0. The lowest BCUT2D eigenvalue weighted by Crippen LogP contribution is -2.24. The summed E-state index contributed by atoms with van der Waals surface area (Å²) in [4.78, 5) is 10.9. The minimum Gasteiger partial charge on any atom is -0.455 e. The number of carbonyl (C=O) groups is 1. The second kappa shape index (κ2) is 3.96. The van der Waals surface area contributed by atoms with Crippen molar-refractivity contribution in [1.29, 1.82) is 0 Å². The third-order valence-corrected chi connectivity index (χ3v) is 1.18. The lowest BCUT2D eigenvalue weighted by molar-refractivity contribution is -0.151. The first-order valence-electron chi connectivity index (χ1n) is 3.48. The molecule has 0 bridgehead atoms. The zero-order chi connectivity index (χ0) is 8.91. The van der Waals surface area contributed by atoms with E-state index in [1.54, 1.807) is 19.9 Å². The summed E-state index contributed by atoms with van der Waals surface area (Å²) in [6.45, 7) is 10.5. The topological polar surface area (TPSA) is 26.3 Å². The summed E-state index contributed by atoms with van der Waals surface area (Å²) < 4.78 is 5.00. The van der Waals surface area contributed by atoms with E-state index in [2.05, 4.69) is 13.2 Å². The molecular formula is C9H14O2. The largest absolute Gasteiger partial charge is 0.455 e. The van der Waals surface area contributed by atoms with Crippen LogP contribution in [0.2, 0.25) is 0 Å². The van der Waals surface area contributed by atoms with Gasteiger partial charge in [0.1, 0.15) is 5.60 Å². The van der Waals surface area contributed by atoms with E-state index in [9.17, 15) is 4.79 Å². The quantitative estimate of drug-likeness (QED) is 0.457. The maximum absolute atomic E-state index is 10.9. The van der Waals surface area contributed by atoms with E-state index < -0.39 is 5.60 Å². The molecule has 0 aromatic rings. The van der Waals surface area contributed by atoms with Crippen LogP contribution in [0.5, 0.6) is 0 Å². The average molecular weight is 154 g/mol. The molecule has 0 fully saturated rings. The zero-order valence-corrected chi connectivity index (χ0v) is 7.09. The monoisotopic (exact) mass is 154 g/mol. The number of ether oxygens (including phenoxy) is 1. The molecule has 0 saturated heterocycles. The fourth-order valence-electron chi connectivity index (χ4n) is 0.495. The molecule has 0 aliphatic heterocycles. The Morgan fingerprint density at radius 3 is 2.45 bits per heavy atom. The van der Waals surface area contributed by atoms with Gasteiger partial charge in [-0.1, -0.05) is 12.7 Å². The number of hydrogen-bond acceptors (Lipinski definition) is 2. The van der Waals surface area contributed by atoms with Crippen molar-refractivity contribution in [2.75, 3.05) is 0 Å². The number of rotatable bonds is 4. The van der Waals surface area contributed by atoms with Gasteiger partial charge in [0, 0.05) is 0 Å². The first kappa shape index (κ1) is 9.95. The first-order chi connectivity index (χ1) is 5.02. The summed E-state index contributed by atoms with van der Waals surface area (Å²) in [7, 11) is 0. The minimum absolute atomic E-state index is 0.247. The Bertz CT molecular complexity index is 168. The van der Waals surface area contributed by atoms with Gasteiger partial charge < -0.3 is 4.74 Å². The van der Waals surface area contributed by atoms with Crippen molar-refractivity contribution in [1.82, 2.24) is 0 Å². The smallest absolute Gasteiger partial charge is 0.310 e. The van der Waals surface area contributed by atoms with Crippen molar-refractivity contribution >= 4 is 5.97 Å². The Labute approximate surface area is 67.6 Å². The highest BCUT2D eigenvalue weighted by atomic mass is 16.6. The third-order valence-electron chi connectivity index (χ3n) is 1.18. The molecule has 0 aromatic carbocycles. The van der Waals surface area contributed by atoms with Crippen LogP contribution >= 0.6 is 0 Å². The molecule has 0 atom stereocenters. The van der Waals surface area contributed by atoms with Gasteiger partial charge in [0.15, 0.2) is 0 Å². The number of esters is 1. The Balaban J connectivity index is 3.92. The van der Waals surface area contributed by atoms with E-state index in [1.165, 1.54) is 6.08 Å². The maximum atomic E-state index is 10.9. The minimum atomic E-state index is -0.569. The van der Waals surface area contributed by atoms with Crippen molar-refractivity contribution in [2.45, 2.75) is 25.9 Å². The van der Waals surface area contributed by atoms with E-state index in [1.807, 2.05) is 0 Å². The highest BCUT2D eigenvalue weighted by Crippen LogP contribution is 2.10. The Morgan fingerprint density at radius 1 is 1.55 bits per heavy atom. The fraction of sp³-hybridized carbons (Fsp3) is 0.444. The van der Waals surface area contributed by atoms with Gasteiger partial charge in [-0.25, -0.2) is 0 Å². The summed E-state index contributed by atoms with van der Waals surface area (Å²) in [6, 6.07) is 0. The SMILES string of the molecule is C=CCC(=O)OC(C)(C)C=C. The first-order valence-corrected chi connectivity index (χ1v) is 3.48. The standard InChI is InChI=1S/C9H14O2/c1-5-7-8(10)11-9(3,4)6-2/h5-6H,1-2,7H2,3-4H3. The molecule has 0 heterocycles. The van der Waals surface area contributed by atoms with Crippen molar-refractivity contribution in [2.24, 2.45) is 0 Å². The fourth-order valence-corrected chi connectivity index (χ4v) is 0.495. The summed E-state index contributed by atoms with van der Waals surface area (Å²) in [5.74, 6) is -0.273. The van der Waals surface area contributed by atoms with Crippen LogP contribution < -0.4 is 0 Å². The predicted octanol–water partition coefficient (Wildman–Crippen LogP) is 2.07. The molecule has 0 aliphatic carbocycles. The second-order valence-electron chi connectivity index (χ2n) is 2.77. The Kier molecular flexibility index (Phi) is 3.58. The van der Waals surface area contributed by atoms with Crippen molar-refractivity contribution in [3.63, 3.8) is 0 Å². The van der Waals surface area contributed by atoms with Crippen LogP contribution in [0.1, 0.15) is 20.3 Å². The normalized spacial score (nSPS) is 10.4. The molecule has 2 heteroatoms. The summed E-state index contributed by atoms with van der Waals surface area (Å²) in [5, 5.41) is 0. The summed E-state index contributed by atoms with van der Waals surface area (Å²) in [5.41, 5.74) is -0.569. The van der Waals surface area contributed by atoms with E-state index in [-0.39, 0.29) is 12.4 Å². The van der Waals surface area contributed by atoms with Crippen molar-refractivity contribution < 1.29 is 9.53 Å². The van der Waals surface area contributed by atoms with Gasteiger partial charge in [0.25, 0.3) is 0 Å². The third kappa shape index (κ3) is 4.37. The van der Waals surface area contributed by atoms with Crippen molar-refractivity contribution in [3.05, 3.63) is 25.3 Å².